The number of benzene rings is 8. The van der Waals surface area contributed by atoms with Crippen molar-refractivity contribution in [1.29, 1.82) is 0 Å². The Morgan fingerprint density at radius 1 is 0.463 bits per heavy atom. The van der Waals surface area contributed by atoms with Gasteiger partial charge in [0.05, 0.1) is 27.7 Å². The van der Waals surface area contributed by atoms with Gasteiger partial charge in [0.25, 0.3) is 0 Å². The molecule has 0 amide bonds. The van der Waals surface area contributed by atoms with Gasteiger partial charge in [0, 0.05) is 58.8 Å². The summed E-state index contributed by atoms with van der Waals surface area (Å²) in [5.74, 6) is 1.43. The molecule has 4 nitrogen and oxygen atoms in total. The highest BCUT2D eigenvalue weighted by Gasteiger charge is 2.21. The number of thiophene rings is 1. The molecule has 0 saturated heterocycles. The van der Waals surface area contributed by atoms with Crippen LogP contribution in [-0.4, -0.2) is 19.5 Å². The standard InChI is InChI=1S/C49H30N4S/c1-3-14-31(15-4-1)47-50-48(32-16-5-2-6-17-32)52-49(51-47)35-26-27-43(41(29-35)39-23-13-22-38-37-21-10-12-25-45(37)54-46(38)39)53-42-24-11-9-20-36(42)40-28-33-18-7-8-19-34(33)30-44(40)53/h1-30H/i7D,8D,9D,18D,19D,20D,24D,28D. The topological polar surface area (TPSA) is 43.6 Å². The minimum atomic E-state index is -0.467. The van der Waals surface area contributed by atoms with Crippen LogP contribution in [0.2, 0.25) is 0 Å². The van der Waals surface area contributed by atoms with Gasteiger partial charge in [-0.2, -0.15) is 0 Å². The molecule has 0 aliphatic heterocycles. The second-order valence-electron chi connectivity index (χ2n) is 13.0. The molecule has 0 spiro atoms. The summed E-state index contributed by atoms with van der Waals surface area (Å²) in [6.07, 6.45) is 0. The molecule has 11 aromatic rings. The number of aromatic nitrogens is 4. The highest BCUT2D eigenvalue weighted by Crippen LogP contribution is 2.44. The Morgan fingerprint density at radius 2 is 1.15 bits per heavy atom. The van der Waals surface area contributed by atoms with E-state index >= 15 is 0 Å². The highest BCUT2D eigenvalue weighted by molar-refractivity contribution is 7.26. The van der Waals surface area contributed by atoms with Crippen molar-refractivity contribution in [2.24, 2.45) is 0 Å². The van der Waals surface area contributed by atoms with Gasteiger partial charge in [0.2, 0.25) is 0 Å². The lowest BCUT2D eigenvalue weighted by molar-refractivity contribution is 1.07. The predicted molar refractivity (Wildman–Crippen MR) is 226 cm³/mol. The van der Waals surface area contributed by atoms with E-state index in [1.54, 1.807) is 17.4 Å². The molecule has 0 aliphatic rings. The number of para-hydroxylation sites is 1. The lowest BCUT2D eigenvalue weighted by Gasteiger charge is -2.17. The second-order valence-corrected chi connectivity index (χ2v) is 14.0. The van der Waals surface area contributed by atoms with Crippen LogP contribution in [0.15, 0.2) is 182 Å². The van der Waals surface area contributed by atoms with Gasteiger partial charge in [-0.05, 0) is 53.2 Å². The summed E-state index contributed by atoms with van der Waals surface area (Å²) >= 11 is 1.66. The maximum Gasteiger partial charge on any atom is 0.164 e. The van der Waals surface area contributed by atoms with Gasteiger partial charge in [0.15, 0.2) is 17.5 Å². The van der Waals surface area contributed by atoms with Crippen LogP contribution >= 0.6 is 11.3 Å². The molecular formula is C49H30N4S. The van der Waals surface area contributed by atoms with Gasteiger partial charge in [-0.15, -0.1) is 11.3 Å². The fourth-order valence-electron chi connectivity index (χ4n) is 7.35. The zero-order chi connectivity index (χ0) is 42.6. The van der Waals surface area contributed by atoms with E-state index in [4.69, 9.17) is 21.8 Å². The van der Waals surface area contributed by atoms with Gasteiger partial charge < -0.3 is 4.57 Å². The first kappa shape index (κ1) is 23.6. The van der Waals surface area contributed by atoms with Crippen molar-refractivity contribution < 1.29 is 11.0 Å². The Balaban J connectivity index is 1.28. The molecule has 0 radical (unpaired) electrons. The highest BCUT2D eigenvalue weighted by atomic mass is 32.1. The van der Waals surface area contributed by atoms with Crippen LogP contribution in [0, 0.1) is 0 Å². The molecule has 0 atom stereocenters. The third-order valence-electron chi connectivity index (χ3n) is 9.82. The molecule has 252 valence electrons. The molecule has 8 aromatic carbocycles. The third kappa shape index (κ3) is 4.94. The van der Waals surface area contributed by atoms with Crippen LogP contribution in [0.3, 0.4) is 0 Å². The smallest absolute Gasteiger partial charge is 0.164 e. The van der Waals surface area contributed by atoms with E-state index in [9.17, 15) is 4.11 Å². The first-order valence-electron chi connectivity index (χ1n) is 21.5. The van der Waals surface area contributed by atoms with E-state index in [1.807, 2.05) is 108 Å². The number of hydrogen-bond donors (Lipinski definition) is 0. The Hall–Kier alpha value is -6.95. The first-order valence-corrected chi connectivity index (χ1v) is 18.3. The van der Waals surface area contributed by atoms with Gasteiger partial charge >= 0.3 is 0 Å². The molecule has 0 aliphatic carbocycles. The predicted octanol–water partition coefficient (Wildman–Crippen LogP) is 13.2. The van der Waals surface area contributed by atoms with Crippen LogP contribution in [0.5, 0.6) is 0 Å². The molecule has 0 unspecified atom stereocenters. The fourth-order valence-corrected chi connectivity index (χ4v) is 8.58. The normalized spacial score (nSPS) is 13.8. The molecule has 54 heavy (non-hydrogen) atoms. The zero-order valence-corrected chi connectivity index (χ0v) is 29.2. The zero-order valence-electron chi connectivity index (χ0n) is 36.4. The van der Waals surface area contributed by atoms with Crippen molar-refractivity contribution in [3.05, 3.63) is 182 Å². The Kier molecular flexibility index (Phi) is 5.39. The maximum absolute atomic E-state index is 9.56. The van der Waals surface area contributed by atoms with Crippen LogP contribution in [-0.2, 0) is 0 Å². The molecule has 0 fully saturated rings. The lowest BCUT2D eigenvalue weighted by atomic mass is 9.98. The van der Waals surface area contributed by atoms with Crippen molar-refractivity contribution in [1.82, 2.24) is 19.5 Å². The average molecular weight is 715 g/mol. The van der Waals surface area contributed by atoms with E-state index in [1.165, 1.54) is 6.07 Å². The van der Waals surface area contributed by atoms with Crippen LogP contribution in [0.25, 0.3) is 104 Å². The summed E-state index contributed by atoms with van der Waals surface area (Å²) < 4.78 is 75.4. The summed E-state index contributed by atoms with van der Waals surface area (Å²) in [6, 6.07) is 40.5. The van der Waals surface area contributed by atoms with E-state index < -0.39 is 12.1 Å². The van der Waals surface area contributed by atoms with Gasteiger partial charge in [0.1, 0.15) is 0 Å². The van der Waals surface area contributed by atoms with Crippen molar-refractivity contribution in [3.63, 3.8) is 0 Å². The largest absolute Gasteiger partial charge is 0.309 e. The van der Waals surface area contributed by atoms with Crippen LogP contribution in [0.4, 0.5) is 0 Å². The van der Waals surface area contributed by atoms with E-state index in [0.717, 1.165) is 42.4 Å². The van der Waals surface area contributed by atoms with Crippen molar-refractivity contribution in [2.45, 2.75) is 0 Å². The molecule has 3 aromatic heterocycles. The van der Waals surface area contributed by atoms with E-state index in [2.05, 4.69) is 18.2 Å². The first-order chi connectivity index (χ1) is 30.1. The summed E-state index contributed by atoms with van der Waals surface area (Å²) in [5, 5.41) is 2.72. The number of rotatable bonds is 5. The molecular weight excluding hydrogens is 677 g/mol. The maximum atomic E-state index is 9.56. The minimum Gasteiger partial charge on any atom is -0.309 e. The van der Waals surface area contributed by atoms with E-state index in [-0.39, 0.29) is 63.3 Å². The van der Waals surface area contributed by atoms with Crippen molar-refractivity contribution in [2.75, 3.05) is 0 Å². The van der Waals surface area contributed by atoms with Crippen molar-refractivity contribution >= 4 is 64.1 Å². The molecule has 3 heterocycles. The Bertz CT molecular complexity index is 3630. The lowest BCUT2D eigenvalue weighted by Crippen LogP contribution is -2.02. The second kappa shape index (κ2) is 12.3. The summed E-state index contributed by atoms with van der Waals surface area (Å²) in [4.78, 5) is 15.0. The van der Waals surface area contributed by atoms with E-state index in [0.29, 0.717) is 34.2 Å². The molecule has 0 bridgehead atoms. The van der Waals surface area contributed by atoms with Crippen LogP contribution in [0.1, 0.15) is 11.0 Å². The van der Waals surface area contributed by atoms with Gasteiger partial charge in [-0.1, -0.05) is 139 Å². The monoisotopic (exact) mass is 714 g/mol. The minimum absolute atomic E-state index is 0.00718. The average Bonchev–Trinajstić information content (AvgIpc) is 3.87. The van der Waals surface area contributed by atoms with Crippen LogP contribution < -0.4 is 0 Å². The SMILES string of the molecule is [2H]c1cc([2H])c2c(c1[2H])c1c([2H])c3c([2H])c([2H])c([2H])c([2H])c3cc1n2-c1ccc(-c2nc(-c3ccccc3)nc(-c3ccccc3)n2)cc1-c1cccc2c1sc1ccccc12. The number of nitrogens with zero attached hydrogens (tertiary/aromatic N) is 4. The number of fused-ring (bicyclic) bond motifs is 7. The summed E-state index contributed by atoms with van der Waals surface area (Å²) in [6.45, 7) is 0. The Labute approximate surface area is 326 Å². The van der Waals surface area contributed by atoms with Gasteiger partial charge in [-0.3, -0.25) is 0 Å². The van der Waals surface area contributed by atoms with Crippen molar-refractivity contribution in [3.8, 4) is 51.0 Å². The molecule has 5 heteroatoms. The van der Waals surface area contributed by atoms with Gasteiger partial charge in [-0.25, -0.2) is 15.0 Å². The fraction of sp³-hybridized carbons (Fsp3) is 0. The summed E-state index contributed by atoms with van der Waals surface area (Å²) in [7, 11) is 0. The number of hydrogen-bond acceptors (Lipinski definition) is 4. The Morgan fingerprint density at radius 3 is 1.93 bits per heavy atom. The molecule has 0 N–H and O–H groups in total. The quantitative estimate of drug-likeness (QED) is 0.178. The molecule has 0 saturated carbocycles. The molecule has 11 rings (SSSR count). The third-order valence-corrected chi connectivity index (χ3v) is 11.0. The summed E-state index contributed by atoms with van der Waals surface area (Å²) in [5.41, 5.74) is 5.16.